The number of rotatable bonds is 0. The predicted molar refractivity (Wildman–Crippen MR) is 429 cm³/mol. The number of pyridine rings is 4. The van der Waals surface area contributed by atoms with Crippen molar-refractivity contribution in [3.8, 4) is 47.9 Å². The van der Waals surface area contributed by atoms with E-state index in [2.05, 4.69) is 97.2 Å². The molecule has 0 aliphatic carbocycles. The van der Waals surface area contributed by atoms with E-state index in [9.17, 15) is 39.0 Å². The molecule has 110 heavy (non-hydrogen) atoms. The van der Waals surface area contributed by atoms with Crippen LogP contribution >= 0.6 is 28.3 Å². The number of fused-ring (bicyclic) bond motifs is 8. The summed E-state index contributed by atoms with van der Waals surface area (Å²) in [5, 5.41) is 22.0. The maximum Gasteiger partial charge on any atom is 1.00 e. The van der Waals surface area contributed by atoms with E-state index in [0.717, 1.165) is 51.9 Å². The van der Waals surface area contributed by atoms with E-state index in [1.807, 2.05) is 115 Å². The van der Waals surface area contributed by atoms with Gasteiger partial charge < -0.3 is 16.4 Å². The van der Waals surface area contributed by atoms with Gasteiger partial charge in [0.05, 0.1) is 55.8 Å². The van der Waals surface area contributed by atoms with E-state index in [4.69, 9.17) is 11.2 Å². The van der Waals surface area contributed by atoms with E-state index in [-0.39, 0.29) is 105 Å². The zero-order valence-electron chi connectivity index (χ0n) is 61.0. The van der Waals surface area contributed by atoms with Crippen LogP contribution in [0.3, 0.4) is 0 Å². The van der Waals surface area contributed by atoms with Crippen LogP contribution in [-0.4, -0.2) is 114 Å². The molecule has 1 fully saturated rings. The number of Topliss-reactive ketones (excluding diaryl/α,β-unsaturated/α-hetero) is 2. The topological polar surface area (TPSA) is 275 Å². The summed E-state index contributed by atoms with van der Waals surface area (Å²) < 4.78 is 12.5. The summed E-state index contributed by atoms with van der Waals surface area (Å²) in [6, 6.07) is 44.0. The van der Waals surface area contributed by atoms with Gasteiger partial charge in [-0.05, 0) is 178 Å². The molecule has 2 atom stereocenters. The van der Waals surface area contributed by atoms with Gasteiger partial charge in [-0.1, -0.05) is 71.3 Å². The van der Waals surface area contributed by atoms with E-state index in [1.165, 1.54) is 12.8 Å². The molecule has 1 saturated heterocycles. The van der Waals surface area contributed by atoms with Crippen LogP contribution in [0.25, 0.3) is 43.6 Å². The first-order chi connectivity index (χ1) is 51.7. The van der Waals surface area contributed by atoms with Gasteiger partial charge in [0.15, 0.2) is 0 Å². The molecule has 0 bridgehead atoms. The Balaban J connectivity index is 0.000000193. The van der Waals surface area contributed by atoms with Crippen LogP contribution in [0.5, 0.6) is 0 Å². The Labute approximate surface area is 676 Å². The molecule has 551 valence electrons. The molecular formula is C85H79BBrClN12NaO9. The molecule has 0 spiro atoms. The molecule has 17 rings (SSSR count). The van der Waals surface area contributed by atoms with Crippen molar-refractivity contribution in [3.05, 3.63) is 279 Å². The fourth-order valence-corrected chi connectivity index (χ4v) is 12.6. The fraction of sp³-hybridized carbons (Fsp3) is 0.271. The van der Waals surface area contributed by atoms with Crippen molar-refractivity contribution in [2.75, 3.05) is 13.2 Å². The third kappa shape index (κ3) is 22.7. The first-order valence-electron chi connectivity index (χ1n) is 35.1. The number of benzene rings is 4. The van der Waals surface area contributed by atoms with Crippen LogP contribution in [0.2, 0.25) is 0 Å². The van der Waals surface area contributed by atoms with E-state index >= 15 is 0 Å². The molecule has 12 aromatic rings. The average Bonchev–Trinajstić information content (AvgIpc) is 1.78. The molecule has 5 aliphatic heterocycles. The maximum atomic E-state index is 12.7. The molecule has 3 radical (unpaired) electrons. The molecule has 8 aromatic heterocycles. The van der Waals surface area contributed by atoms with Gasteiger partial charge in [0.2, 0.25) is 0 Å². The van der Waals surface area contributed by atoms with Gasteiger partial charge in [-0.25, -0.2) is 39.9 Å². The normalized spacial score (nSPS) is 14.9. The first-order valence-corrected chi connectivity index (χ1v) is 35.9. The van der Waals surface area contributed by atoms with Gasteiger partial charge in [0.25, 0.3) is 22.2 Å². The fourth-order valence-electron chi connectivity index (χ4n) is 12.3. The summed E-state index contributed by atoms with van der Waals surface area (Å²) in [4.78, 5) is 108. The maximum absolute atomic E-state index is 12.7. The molecule has 5 aliphatic rings. The minimum atomic E-state index is -0.371. The second-order valence-corrected chi connectivity index (χ2v) is 26.3. The molecule has 2 unspecified atom stereocenters. The van der Waals surface area contributed by atoms with Gasteiger partial charge in [0, 0.05) is 145 Å². The van der Waals surface area contributed by atoms with Crippen LogP contribution in [0, 0.1) is 47.9 Å². The third-order valence-electron chi connectivity index (χ3n) is 18.0. The molecule has 0 saturated carbocycles. The SMILES string of the molecule is C.C#Cc1ccccn1.C1CCOC1.Cl.O=C1CCc2nc3cc(Br)ccc3c(=O)n2CC1.O=C1CCc2nc3cc(C#Cc4ccccn4)ccc3c(=O)n2CC1.O=c1c2ccc(C#Cc3ccccn3)cc2nc2n1CCC(O)CC2.O=c1c2ccc(C#Cc3ccccn3)cc2nc2n1CCC(O)CC2.[B].[H-].[Na+]. The average molecular weight is 1560 g/mol. The zero-order valence-corrected chi connectivity index (χ0v) is 64.4. The number of aryl methyl sites for hydroxylation is 4. The van der Waals surface area contributed by atoms with E-state index in [1.54, 1.807) is 73.4 Å². The monoisotopic (exact) mass is 1560 g/mol. The standard InChI is InChI=1S/2C20H17N3O2.C20H15N3O2.C13H11BrN2O2.C7H5N.C4H8O.CH4.B.ClH.Na.H/c3*24-16-7-9-19-22-18-13-14(4-6-15-3-1-2-11-21-15)5-8-17(18)20(25)23(19)12-10-16;14-8-1-3-10-11(7-8)15-12-4-2-9(17)5-6-16(12)13(10)18;1-2-7-5-3-4-6-8-7;1-2-4-5-3-1;;;;;/h2*1-3,5,8,11,13,16,24H,7,9-10,12H2;1-3,5,8,11,13H,7,9-10,12H2;1,3,7H,2,4-6H2;1,3-6H;1-4H2;1H4;;1H;;/q;;;;;;;;;+1;-1. The number of aliphatic hydroxyl groups is 2. The van der Waals surface area contributed by atoms with Crippen molar-refractivity contribution < 1.29 is 55.5 Å². The summed E-state index contributed by atoms with van der Waals surface area (Å²) in [6.07, 6.45) is 20.1. The number of aliphatic hydroxyl groups excluding tert-OH is 2. The number of ketones is 2. The summed E-state index contributed by atoms with van der Waals surface area (Å²) in [7, 11) is 0. The van der Waals surface area contributed by atoms with Crippen molar-refractivity contribution in [1.82, 2.24) is 58.1 Å². The first kappa shape index (κ1) is 85.0. The molecular weight excluding hydrogens is 1480 g/mol. The van der Waals surface area contributed by atoms with Crippen LogP contribution in [0.1, 0.15) is 136 Å². The van der Waals surface area contributed by atoms with Crippen LogP contribution in [-0.2, 0) is 66.2 Å². The summed E-state index contributed by atoms with van der Waals surface area (Å²) in [6.45, 7) is 3.89. The number of nitrogens with zero attached hydrogens (tertiary/aromatic N) is 12. The van der Waals surface area contributed by atoms with Gasteiger partial charge in [-0.15, -0.1) is 18.8 Å². The number of hydrogen-bond acceptors (Lipinski definition) is 17. The molecule has 4 aromatic carbocycles. The number of halogens is 2. The molecule has 2 N–H and O–H groups in total. The Morgan fingerprint density at radius 1 is 0.409 bits per heavy atom. The van der Waals surface area contributed by atoms with Gasteiger partial charge in [-0.2, -0.15) is 0 Å². The molecule has 25 heteroatoms. The molecule has 13 heterocycles. The number of terminal acetylenes is 1. The van der Waals surface area contributed by atoms with E-state index in [0.29, 0.717) is 175 Å². The van der Waals surface area contributed by atoms with Gasteiger partial charge in [0.1, 0.15) is 57.6 Å². The van der Waals surface area contributed by atoms with Crippen molar-refractivity contribution >= 4 is 91.9 Å². The van der Waals surface area contributed by atoms with Crippen molar-refractivity contribution in [2.45, 2.75) is 136 Å². The second kappa shape index (κ2) is 41.8. The minimum absolute atomic E-state index is 0. The molecule has 21 nitrogen and oxygen atoms in total. The number of carbonyl (C=O) groups excluding carboxylic acids is 2. The van der Waals surface area contributed by atoms with Crippen molar-refractivity contribution in [2.24, 2.45) is 0 Å². The molecule has 0 amide bonds. The zero-order chi connectivity index (χ0) is 73.7. The van der Waals surface area contributed by atoms with Crippen molar-refractivity contribution in [3.63, 3.8) is 0 Å². The van der Waals surface area contributed by atoms with Crippen molar-refractivity contribution in [1.29, 1.82) is 0 Å². The van der Waals surface area contributed by atoms with Gasteiger partial charge >= 0.3 is 29.6 Å². The second-order valence-electron chi connectivity index (χ2n) is 25.4. The minimum Gasteiger partial charge on any atom is -1.00 e. The van der Waals surface area contributed by atoms with Crippen LogP contribution in [0.4, 0.5) is 0 Å². The number of hydrogen-bond donors (Lipinski definition) is 2. The van der Waals surface area contributed by atoms with Crippen LogP contribution < -0.4 is 51.8 Å². The Morgan fingerprint density at radius 3 is 1.05 bits per heavy atom. The number of ether oxygens (including phenoxy) is 1. The Bertz CT molecular complexity index is 5580. The van der Waals surface area contributed by atoms with Gasteiger partial charge in [-0.3, -0.25) is 47.0 Å². The predicted octanol–water partition coefficient (Wildman–Crippen LogP) is 7.59. The quantitative estimate of drug-likeness (QED) is 0.109. The summed E-state index contributed by atoms with van der Waals surface area (Å²) >= 11 is 3.38. The smallest absolute Gasteiger partial charge is 1.00 e. The van der Waals surface area contributed by atoms with E-state index < -0.39 is 0 Å². The van der Waals surface area contributed by atoms with Crippen LogP contribution in [0.15, 0.2) is 194 Å². The number of aromatic nitrogens is 12. The third-order valence-corrected chi connectivity index (χ3v) is 18.5. The Morgan fingerprint density at radius 2 is 0.736 bits per heavy atom. The Hall–Kier alpha value is -10.7. The summed E-state index contributed by atoms with van der Waals surface area (Å²) in [5.41, 5.74) is 7.55. The summed E-state index contributed by atoms with van der Waals surface area (Å²) in [5.74, 6) is 23.9. The number of carbonyl (C=O) groups is 2. The largest absolute Gasteiger partial charge is 1.00 e. The Kier molecular flexibility index (Phi) is 32.3.